The van der Waals surface area contributed by atoms with Crippen molar-refractivity contribution in [1.29, 1.82) is 5.26 Å². The van der Waals surface area contributed by atoms with Gasteiger partial charge >= 0.3 is 0 Å². The highest BCUT2D eigenvalue weighted by Gasteiger charge is 2.07. The summed E-state index contributed by atoms with van der Waals surface area (Å²) in [5.74, 6) is 0.778. The number of hydrogen-bond acceptors (Lipinski definition) is 2. The normalized spacial score (nSPS) is 12.0. The smallest absolute Gasteiger partial charge is 0.110 e. The molecule has 80 valence electrons. The standard InChI is InChI=1S/C13H13N3/c1-10(8-14)12-9-15-13(16-12)7-11-5-3-2-4-6-11/h2-6,9-10H,7H2,1H3,(H,15,16). The maximum atomic E-state index is 8.79. The van der Waals surface area contributed by atoms with Crippen LogP contribution in [-0.4, -0.2) is 9.97 Å². The molecule has 0 spiro atoms. The van der Waals surface area contributed by atoms with Crippen LogP contribution in [0.5, 0.6) is 0 Å². The summed E-state index contributed by atoms with van der Waals surface area (Å²) in [6.45, 7) is 1.86. The zero-order chi connectivity index (χ0) is 11.4. The Labute approximate surface area is 94.8 Å². The molecule has 0 aliphatic rings. The van der Waals surface area contributed by atoms with Gasteiger partial charge in [-0.3, -0.25) is 0 Å². The first-order valence-corrected chi connectivity index (χ1v) is 5.27. The summed E-state index contributed by atoms with van der Waals surface area (Å²) in [6.07, 6.45) is 2.52. The van der Waals surface area contributed by atoms with Crippen molar-refractivity contribution in [3.63, 3.8) is 0 Å². The number of hydrogen-bond donors (Lipinski definition) is 1. The Morgan fingerprint density at radius 2 is 2.12 bits per heavy atom. The van der Waals surface area contributed by atoms with E-state index >= 15 is 0 Å². The van der Waals surface area contributed by atoms with Gasteiger partial charge in [0, 0.05) is 12.6 Å². The van der Waals surface area contributed by atoms with Crippen molar-refractivity contribution in [2.24, 2.45) is 0 Å². The van der Waals surface area contributed by atoms with E-state index in [-0.39, 0.29) is 5.92 Å². The Morgan fingerprint density at radius 3 is 2.81 bits per heavy atom. The molecule has 1 unspecified atom stereocenters. The molecule has 0 bridgehead atoms. The predicted octanol–water partition coefficient (Wildman–Crippen LogP) is 2.63. The third-order valence-electron chi connectivity index (χ3n) is 2.52. The SMILES string of the molecule is CC(C#N)c1cnc(Cc2ccccc2)[nH]1. The van der Waals surface area contributed by atoms with E-state index in [9.17, 15) is 0 Å². The number of imidazole rings is 1. The molecule has 1 heterocycles. The lowest BCUT2D eigenvalue weighted by Gasteiger charge is -1.98. The molecule has 3 nitrogen and oxygen atoms in total. The molecule has 1 aromatic carbocycles. The van der Waals surface area contributed by atoms with Crippen molar-refractivity contribution in [2.45, 2.75) is 19.3 Å². The summed E-state index contributed by atoms with van der Waals surface area (Å²) in [7, 11) is 0. The molecule has 0 saturated heterocycles. The predicted molar refractivity (Wildman–Crippen MR) is 61.9 cm³/mol. The molecule has 0 aliphatic heterocycles. The molecule has 1 aromatic heterocycles. The Kier molecular flexibility index (Phi) is 3.02. The van der Waals surface area contributed by atoms with Crippen LogP contribution in [0.15, 0.2) is 36.5 Å². The van der Waals surface area contributed by atoms with Crippen LogP contribution in [-0.2, 0) is 6.42 Å². The van der Waals surface area contributed by atoms with E-state index in [1.165, 1.54) is 5.56 Å². The van der Waals surface area contributed by atoms with Crippen molar-refractivity contribution < 1.29 is 0 Å². The van der Waals surface area contributed by atoms with Crippen LogP contribution >= 0.6 is 0 Å². The van der Waals surface area contributed by atoms with E-state index in [0.29, 0.717) is 0 Å². The second kappa shape index (κ2) is 4.63. The topological polar surface area (TPSA) is 52.5 Å². The van der Waals surface area contributed by atoms with Crippen molar-refractivity contribution >= 4 is 0 Å². The zero-order valence-electron chi connectivity index (χ0n) is 9.14. The lowest BCUT2D eigenvalue weighted by molar-refractivity contribution is 0.916. The Morgan fingerprint density at radius 1 is 1.38 bits per heavy atom. The van der Waals surface area contributed by atoms with Crippen molar-refractivity contribution in [3.8, 4) is 6.07 Å². The number of aromatic amines is 1. The minimum atomic E-state index is -0.128. The first-order chi connectivity index (χ1) is 7.79. The number of benzene rings is 1. The van der Waals surface area contributed by atoms with Crippen LogP contribution in [0, 0.1) is 11.3 Å². The third-order valence-corrected chi connectivity index (χ3v) is 2.52. The van der Waals surface area contributed by atoms with Gasteiger partial charge < -0.3 is 4.98 Å². The highest BCUT2D eigenvalue weighted by Crippen LogP contribution is 2.13. The van der Waals surface area contributed by atoms with Gasteiger partial charge in [0.25, 0.3) is 0 Å². The molecule has 1 atom stereocenters. The number of aromatic nitrogens is 2. The fourth-order valence-corrected chi connectivity index (χ4v) is 1.55. The summed E-state index contributed by atoms with van der Waals surface area (Å²) in [4.78, 5) is 7.45. The van der Waals surface area contributed by atoms with Crippen LogP contribution in [0.4, 0.5) is 0 Å². The highest BCUT2D eigenvalue weighted by molar-refractivity contribution is 5.21. The minimum Gasteiger partial charge on any atom is -0.345 e. The minimum absolute atomic E-state index is 0.128. The molecule has 0 amide bonds. The van der Waals surface area contributed by atoms with Crippen molar-refractivity contribution in [2.75, 3.05) is 0 Å². The van der Waals surface area contributed by atoms with E-state index in [2.05, 4.69) is 28.2 Å². The third kappa shape index (κ3) is 2.29. The van der Waals surface area contributed by atoms with Crippen molar-refractivity contribution in [3.05, 3.63) is 53.6 Å². The molecular weight excluding hydrogens is 198 g/mol. The van der Waals surface area contributed by atoms with Crippen LogP contribution in [0.2, 0.25) is 0 Å². The first kappa shape index (κ1) is 10.4. The summed E-state index contributed by atoms with van der Waals surface area (Å²) in [5, 5.41) is 8.79. The zero-order valence-corrected chi connectivity index (χ0v) is 9.14. The molecular formula is C13H13N3. The van der Waals surface area contributed by atoms with E-state index in [1.807, 2.05) is 25.1 Å². The number of nitrogens with one attached hydrogen (secondary N) is 1. The van der Waals surface area contributed by atoms with E-state index in [1.54, 1.807) is 6.20 Å². The summed E-state index contributed by atoms with van der Waals surface area (Å²) in [5.41, 5.74) is 2.10. The van der Waals surface area contributed by atoms with Gasteiger partial charge in [-0.25, -0.2) is 4.98 Å². The summed E-state index contributed by atoms with van der Waals surface area (Å²) >= 11 is 0. The van der Waals surface area contributed by atoms with Gasteiger partial charge in [0.2, 0.25) is 0 Å². The molecule has 0 radical (unpaired) electrons. The Hall–Kier alpha value is -2.08. The van der Waals surface area contributed by atoms with E-state index in [0.717, 1.165) is 17.9 Å². The van der Waals surface area contributed by atoms with Crippen LogP contribution in [0.1, 0.15) is 29.9 Å². The number of nitrogens with zero attached hydrogens (tertiary/aromatic N) is 2. The molecule has 2 rings (SSSR count). The Bertz CT molecular complexity index is 493. The molecule has 1 N–H and O–H groups in total. The monoisotopic (exact) mass is 211 g/mol. The van der Waals surface area contributed by atoms with Gasteiger partial charge in [0.15, 0.2) is 0 Å². The van der Waals surface area contributed by atoms with Gasteiger partial charge in [0.05, 0.1) is 17.7 Å². The maximum absolute atomic E-state index is 8.79. The fourth-order valence-electron chi connectivity index (χ4n) is 1.55. The molecule has 3 heteroatoms. The number of H-pyrrole nitrogens is 1. The van der Waals surface area contributed by atoms with Gasteiger partial charge in [0.1, 0.15) is 5.82 Å². The van der Waals surface area contributed by atoms with E-state index < -0.39 is 0 Å². The lowest BCUT2D eigenvalue weighted by atomic mass is 10.1. The lowest BCUT2D eigenvalue weighted by Crippen LogP contribution is -1.92. The molecule has 2 aromatic rings. The quantitative estimate of drug-likeness (QED) is 0.848. The summed E-state index contributed by atoms with van der Waals surface area (Å²) in [6, 6.07) is 12.3. The number of rotatable bonds is 3. The van der Waals surface area contributed by atoms with Gasteiger partial charge in [-0.1, -0.05) is 30.3 Å². The van der Waals surface area contributed by atoms with E-state index in [4.69, 9.17) is 5.26 Å². The highest BCUT2D eigenvalue weighted by atomic mass is 14.9. The van der Waals surface area contributed by atoms with Gasteiger partial charge in [-0.05, 0) is 12.5 Å². The average molecular weight is 211 g/mol. The second-order valence-corrected chi connectivity index (χ2v) is 3.80. The molecule has 0 aliphatic carbocycles. The Balaban J connectivity index is 2.12. The molecule has 16 heavy (non-hydrogen) atoms. The van der Waals surface area contributed by atoms with Crippen molar-refractivity contribution in [1.82, 2.24) is 9.97 Å². The maximum Gasteiger partial charge on any atom is 0.110 e. The second-order valence-electron chi connectivity index (χ2n) is 3.80. The largest absolute Gasteiger partial charge is 0.345 e. The molecule has 0 fully saturated rings. The van der Waals surface area contributed by atoms with Crippen LogP contribution < -0.4 is 0 Å². The first-order valence-electron chi connectivity index (χ1n) is 5.27. The van der Waals surface area contributed by atoms with Gasteiger partial charge in [-0.15, -0.1) is 0 Å². The fraction of sp³-hybridized carbons (Fsp3) is 0.231. The van der Waals surface area contributed by atoms with Crippen LogP contribution in [0.25, 0.3) is 0 Å². The van der Waals surface area contributed by atoms with Gasteiger partial charge in [-0.2, -0.15) is 5.26 Å². The average Bonchev–Trinajstić information content (AvgIpc) is 2.78. The van der Waals surface area contributed by atoms with Crippen LogP contribution in [0.3, 0.4) is 0 Å². The number of nitriles is 1. The molecule has 0 saturated carbocycles. The summed E-state index contributed by atoms with van der Waals surface area (Å²) < 4.78 is 0.